The van der Waals surface area contributed by atoms with E-state index < -0.39 is 0 Å². The van der Waals surface area contributed by atoms with Crippen LogP contribution in [0.2, 0.25) is 0 Å². The number of nitrogens with zero attached hydrogens (tertiary/aromatic N) is 1. The molecule has 1 aromatic rings. The van der Waals surface area contributed by atoms with Gasteiger partial charge in [0.15, 0.2) is 0 Å². The second kappa shape index (κ2) is 7.09. The lowest BCUT2D eigenvalue weighted by Gasteiger charge is -2.25. The van der Waals surface area contributed by atoms with Crippen LogP contribution in [0.5, 0.6) is 0 Å². The molecule has 1 amide bonds. The van der Waals surface area contributed by atoms with Gasteiger partial charge in [0.2, 0.25) is 5.91 Å². The molecule has 0 heterocycles. The quantitative estimate of drug-likeness (QED) is 0.908. The minimum atomic E-state index is -0.0767. The first-order valence-electron chi connectivity index (χ1n) is 7.09. The van der Waals surface area contributed by atoms with Gasteiger partial charge in [-0.2, -0.15) is 0 Å². The third-order valence-electron chi connectivity index (χ3n) is 3.97. The van der Waals surface area contributed by atoms with Crippen molar-refractivity contribution in [3.63, 3.8) is 0 Å². The van der Waals surface area contributed by atoms with Gasteiger partial charge in [-0.05, 0) is 43.4 Å². The maximum atomic E-state index is 12.4. The maximum Gasteiger partial charge on any atom is 0.227 e. The highest BCUT2D eigenvalue weighted by atomic mass is 35.5. The number of amides is 1. The van der Waals surface area contributed by atoms with Gasteiger partial charge >= 0.3 is 0 Å². The van der Waals surface area contributed by atoms with Crippen molar-refractivity contribution < 1.29 is 4.79 Å². The fourth-order valence-electron chi connectivity index (χ4n) is 2.26. The molecule has 1 atom stereocenters. The van der Waals surface area contributed by atoms with Gasteiger partial charge in [0.1, 0.15) is 0 Å². The average Bonchev–Trinajstić information content (AvgIpc) is 3.22. The molecule has 1 aromatic carbocycles. The molecule has 20 heavy (non-hydrogen) atoms. The Bertz CT molecular complexity index is 472. The molecule has 112 valence electrons. The summed E-state index contributed by atoms with van der Waals surface area (Å²) in [4.78, 5) is 14.4. The zero-order valence-corrected chi connectivity index (χ0v) is 13.4. The Kier molecular flexibility index (Phi) is 6.03. The summed E-state index contributed by atoms with van der Waals surface area (Å²) in [5, 5.41) is 0. The van der Waals surface area contributed by atoms with Crippen molar-refractivity contribution >= 4 is 18.3 Å². The van der Waals surface area contributed by atoms with Crippen molar-refractivity contribution in [3.05, 3.63) is 34.9 Å². The molecule has 2 N–H and O–H groups in total. The van der Waals surface area contributed by atoms with E-state index >= 15 is 0 Å². The Morgan fingerprint density at radius 3 is 2.50 bits per heavy atom. The average molecular weight is 297 g/mol. The monoisotopic (exact) mass is 296 g/mol. The minimum Gasteiger partial charge on any atom is -0.335 e. The number of halogens is 1. The number of carbonyl (C=O) groups excluding carboxylic acids is 1. The number of nitrogens with two attached hydrogens (primary N) is 1. The van der Waals surface area contributed by atoms with Crippen LogP contribution in [-0.2, 0) is 11.3 Å². The second-order valence-corrected chi connectivity index (χ2v) is 5.75. The molecule has 1 aliphatic rings. The summed E-state index contributed by atoms with van der Waals surface area (Å²) in [6, 6.07) is 6.87. The highest BCUT2D eigenvalue weighted by Crippen LogP contribution is 2.29. The molecule has 4 heteroatoms. The Morgan fingerprint density at radius 1 is 1.35 bits per heavy atom. The Labute approximate surface area is 127 Å². The Morgan fingerprint density at radius 2 is 2.00 bits per heavy atom. The largest absolute Gasteiger partial charge is 0.335 e. The lowest BCUT2D eigenvalue weighted by molar-refractivity contribution is -0.135. The summed E-state index contributed by atoms with van der Waals surface area (Å²) in [5.74, 6) is 0.121. The van der Waals surface area contributed by atoms with Crippen LogP contribution in [0.25, 0.3) is 0 Å². The zero-order chi connectivity index (χ0) is 14.0. The SMILES string of the molecule is Cc1ccc(CN(C(=O)C(C)CN)C2CC2)cc1C.Cl. The fourth-order valence-corrected chi connectivity index (χ4v) is 2.26. The zero-order valence-electron chi connectivity index (χ0n) is 12.6. The van der Waals surface area contributed by atoms with Gasteiger partial charge < -0.3 is 10.6 Å². The summed E-state index contributed by atoms with van der Waals surface area (Å²) in [5.41, 5.74) is 9.42. The van der Waals surface area contributed by atoms with Crippen molar-refractivity contribution in [2.24, 2.45) is 11.7 Å². The van der Waals surface area contributed by atoms with E-state index in [9.17, 15) is 4.79 Å². The van der Waals surface area contributed by atoms with E-state index in [1.165, 1.54) is 16.7 Å². The maximum absolute atomic E-state index is 12.4. The molecule has 0 radical (unpaired) electrons. The molecule has 1 aliphatic carbocycles. The smallest absolute Gasteiger partial charge is 0.227 e. The molecular formula is C16H25ClN2O. The van der Waals surface area contributed by atoms with Gasteiger partial charge in [0.05, 0.1) is 0 Å². The fraction of sp³-hybridized carbons (Fsp3) is 0.562. The molecule has 0 aliphatic heterocycles. The minimum absolute atomic E-state index is 0. The van der Waals surface area contributed by atoms with Crippen LogP contribution in [0.3, 0.4) is 0 Å². The van der Waals surface area contributed by atoms with Gasteiger partial charge in [-0.25, -0.2) is 0 Å². The number of rotatable bonds is 5. The molecule has 0 aromatic heterocycles. The van der Waals surface area contributed by atoms with E-state index in [4.69, 9.17) is 5.73 Å². The standard InChI is InChI=1S/C16H24N2O.ClH/c1-11-4-5-14(8-12(11)2)10-18(15-6-7-15)16(19)13(3)9-17;/h4-5,8,13,15H,6-7,9-10,17H2,1-3H3;1H. The number of hydrogen-bond acceptors (Lipinski definition) is 2. The molecule has 1 saturated carbocycles. The van der Waals surface area contributed by atoms with E-state index in [-0.39, 0.29) is 24.2 Å². The van der Waals surface area contributed by atoms with E-state index in [1.54, 1.807) is 0 Å². The van der Waals surface area contributed by atoms with Crippen LogP contribution in [0.15, 0.2) is 18.2 Å². The third kappa shape index (κ3) is 3.97. The van der Waals surface area contributed by atoms with Crippen LogP contribution in [0, 0.1) is 19.8 Å². The molecule has 1 fully saturated rings. The highest BCUT2D eigenvalue weighted by Gasteiger charge is 2.34. The van der Waals surface area contributed by atoms with Gasteiger partial charge in [-0.3, -0.25) is 4.79 Å². The van der Waals surface area contributed by atoms with Crippen LogP contribution < -0.4 is 5.73 Å². The normalized spacial score (nSPS) is 15.4. The van der Waals surface area contributed by atoms with Crippen LogP contribution in [0.4, 0.5) is 0 Å². The van der Waals surface area contributed by atoms with E-state index in [0.717, 1.165) is 19.4 Å². The number of benzene rings is 1. The van der Waals surface area contributed by atoms with Crippen molar-refractivity contribution in [3.8, 4) is 0 Å². The van der Waals surface area contributed by atoms with Crippen molar-refractivity contribution in [1.29, 1.82) is 0 Å². The summed E-state index contributed by atoms with van der Waals surface area (Å²) < 4.78 is 0. The predicted molar refractivity (Wildman–Crippen MR) is 85.0 cm³/mol. The predicted octanol–water partition coefficient (Wildman–Crippen LogP) is 2.81. The van der Waals surface area contributed by atoms with Crippen LogP contribution >= 0.6 is 12.4 Å². The third-order valence-corrected chi connectivity index (χ3v) is 3.97. The van der Waals surface area contributed by atoms with E-state index in [2.05, 4.69) is 32.0 Å². The Balaban J connectivity index is 0.00000200. The number of carbonyl (C=O) groups is 1. The van der Waals surface area contributed by atoms with Crippen molar-refractivity contribution in [2.75, 3.05) is 6.54 Å². The highest BCUT2D eigenvalue weighted by molar-refractivity contribution is 5.85. The van der Waals surface area contributed by atoms with Crippen LogP contribution in [0.1, 0.15) is 36.5 Å². The lowest BCUT2D eigenvalue weighted by Crippen LogP contribution is -2.39. The van der Waals surface area contributed by atoms with Gasteiger partial charge in [-0.15, -0.1) is 12.4 Å². The van der Waals surface area contributed by atoms with Crippen LogP contribution in [-0.4, -0.2) is 23.4 Å². The molecule has 0 spiro atoms. The Hall–Kier alpha value is -1.06. The molecule has 3 nitrogen and oxygen atoms in total. The summed E-state index contributed by atoms with van der Waals surface area (Å²) in [6.45, 7) is 7.28. The first kappa shape index (κ1) is 17.0. The van der Waals surface area contributed by atoms with E-state index in [0.29, 0.717) is 12.6 Å². The molecule has 2 rings (SSSR count). The van der Waals surface area contributed by atoms with Crippen molar-refractivity contribution in [1.82, 2.24) is 4.90 Å². The van der Waals surface area contributed by atoms with E-state index in [1.807, 2.05) is 11.8 Å². The van der Waals surface area contributed by atoms with Gasteiger partial charge in [0, 0.05) is 25.0 Å². The molecular weight excluding hydrogens is 272 g/mol. The number of aryl methyl sites for hydroxylation is 2. The summed E-state index contributed by atoms with van der Waals surface area (Å²) in [6.07, 6.45) is 2.27. The molecule has 0 saturated heterocycles. The lowest BCUT2D eigenvalue weighted by atomic mass is 10.0. The first-order chi connectivity index (χ1) is 9.02. The van der Waals surface area contributed by atoms with Gasteiger partial charge in [0.25, 0.3) is 0 Å². The topological polar surface area (TPSA) is 46.3 Å². The number of hydrogen-bond donors (Lipinski definition) is 1. The van der Waals surface area contributed by atoms with Crippen molar-refractivity contribution in [2.45, 2.75) is 46.2 Å². The summed E-state index contributed by atoms with van der Waals surface area (Å²) >= 11 is 0. The molecule has 1 unspecified atom stereocenters. The first-order valence-corrected chi connectivity index (χ1v) is 7.09. The van der Waals surface area contributed by atoms with Gasteiger partial charge in [-0.1, -0.05) is 25.1 Å². The second-order valence-electron chi connectivity index (χ2n) is 5.75. The summed E-state index contributed by atoms with van der Waals surface area (Å²) in [7, 11) is 0. The molecule has 0 bridgehead atoms.